The Morgan fingerprint density at radius 2 is 1.56 bits per heavy atom. The van der Waals surface area contributed by atoms with E-state index in [9.17, 15) is 4.79 Å². The molecule has 0 aliphatic carbocycles. The van der Waals surface area contributed by atoms with Gasteiger partial charge < -0.3 is 10.1 Å². The molecule has 0 atom stereocenters. The summed E-state index contributed by atoms with van der Waals surface area (Å²) in [7, 11) is 0. The molecule has 3 nitrogen and oxygen atoms in total. The second kappa shape index (κ2) is 7.67. The van der Waals surface area contributed by atoms with E-state index in [1.165, 1.54) is 0 Å². The van der Waals surface area contributed by atoms with Gasteiger partial charge in [-0.2, -0.15) is 0 Å². The first kappa shape index (κ1) is 16.8. The lowest BCUT2D eigenvalue weighted by atomic mass is 10.1. The van der Waals surface area contributed by atoms with Crippen LogP contribution in [0.3, 0.4) is 0 Å². The van der Waals surface area contributed by atoms with Gasteiger partial charge in [0.25, 0.3) is 5.91 Å². The van der Waals surface area contributed by atoms with Crippen LogP contribution in [0.25, 0.3) is 11.1 Å². The summed E-state index contributed by atoms with van der Waals surface area (Å²) in [4.78, 5) is 12.1. The van der Waals surface area contributed by atoms with Crippen molar-refractivity contribution in [3.63, 3.8) is 0 Å². The molecule has 0 unspecified atom stereocenters. The molecular formula is C22H21NO2. The Hall–Kier alpha value is -3.07. The van der Waals surface area contributed by atoms with Crippen LogP contribution in [0.4, 0.5) is 5.69 Å². The van der Waals surface area contributed by atoms with Crippen molar-refractivity contribution in [1.82, 2.24) is 0 Å². The Morgan fingerprint density at radius 3 is 2.28 bits per heavy atom. The fraction of sp³-hybridized carbons (Fsp3) is 0.136. The SMILES string of the molecule is Cc1ccc(C)c(NC(=O)COc2ccc(-c3ccccc3)cc2)c1. The van der Waals surface area contributed by atoms with Crippen LogP contribution < -0.4 is 10.1 Å². The van der Waals surface area contributed by atoms with Crippen molar-refractivity contribution in [2.45, 2.75) is 13.8 Å². The largest absolute Gasteiger partial charge is 0.484 e. The first-order chi connectivity index (χ1) is 12.1. The molecule has 1 amide bonds. The molecule has 3 aromatic rings. The molecule has 1 N–H and O–H groups in total. The monoisotopic (exact) mass is 331 g/mol. The predicted octanol–water partition coefficient (Wildman–Crippen LogP) is 4.99. The fourth-order valence-electron chi connectivity index (χ4n) is 2.58. The van der Waals surface area contributed by atoms with E-state index < -0.39 is 0 Å². The highest BCUT2D eigenvalue weighted by atomic mass is 16.5. The van der Waals surface area contributed by atoms with Crippen molar-refractivity contribution in [3.8, 4) is 16.9 Å². The number of carbonyl (C=O) groups is 1. The van der Waals surface area contributed by atoms with E-state index in [1.54, 1.807) is 0 Å². The van der Waals surface area contributed by atoms with Crippen LogP contribution in [0.1, 0.15) is 11.1 Å². The smallest absolute Gasteiger partial charge is 0.262 e. The number of anilines is 1. The molecule has 3 aromatic carbocycles. The number of aryl methyl sites for hydroxylation is 2. The number of benzene rings is 3. The van der Waals surface area contributed by atoms with Gasteiger partial charge in [0.1, 0.15) is 5.75 Å². The van der Waals surface area contributed by atoms with Crippen LogP contribution in [0, 0.1) is 13.8 Å². The Morgan fingerprint density at radius 1 is 0.880 bits per heavy atom. The summed E-state index contributed by atoms with van der Waals surface area (Å²) < 4.78 is 5.59. The van der Waals surface area contributed by atoms with E-state index in [0.717, 1.165) is 27.9 Å². The summed E-state index contributed by atoms with van der Waals surface area (Å²) in [6.07, 6.45) is 0. The Labute approximate surface area is 148 Å². The summed E-state index contributed by atoms with van der Waals surface area (Å²) in [5.41, 5.74) is 5.24. The second-order valence-electron chi connectivity index (χ2n) is 6.05. The van der Waals surface area contributed by atoms with Crippen LogP contribution in [0.5, 0.6) is 5.75 Å². The molecule has 0 spiro atoms. The summed E-state index contributed by atoms with van der Waals surface area (Å²) in [6, 6.07) is 23.9. The van der Waals surface area contributed by atoms with Gasteiger partial charge in [-0.25, -0.2) is 0 Å². The van der Waals surface area contributed by atoms with Gasteiger partial charge in [0, 0.05) is 5.69 Å². The van der Waals surface area contributed by atoms with Crippen molar-refractivity contribution in [2.75, 3.05) is 11.9 Å². The van der Waals surface area contributed by atoms with Gasteiger partial charge in [0.2, 0.25) is 0 Å². The molecule has 3 rings (SSSR count). The zero-order chi connectivity index (χ0) is 17.6. The number of ether oxygens (including phenoxy) is 1. The molecule has 0 bridgehead atoms. The van der Waals surface area contributed by atoms with E-state index in [1.807, 2.05) is 74.5 Å². The Kier molecular flexibility index (Phi) is 5.14. The third-order valence-electron chi connectivity index (χ3n) is 4.00. The van der Waals surface area contributed by atoms with E-state index in [4.69, 9.17) is 4.74 Å². The minimum Gasteiger partial charge on any atom is -0.484 e. The normalized spacial score (nSPS) is 10.3. The molecule has 0 radical (unpaired) electrons. The number of nitrogens with one attached hydrogen (secondary N) is 1. The average Bonchev–Trinajstić information content (AvgIpc) is 2.64. The summed E-state index contributed by atoms with van der Waals surface area (Å²) in [5, 5.41) is 2.89. The predicted molar refractivity (Wildman–Crippen MR) is 102 cm³/mol. The summed E-state index contributed by atoms with van der Waals surface area (Å²) >= 11 is 0. The highest BCUT2D eigenvalue weighted by Gasteiger charge is 2.06. The highest BCUT2D eigenvalue weighted by molar-refractivity contribution is 5.92. The highest BCUT2D eigenvalue weighted by Crippen LogP contribution is 2.22. The van der Waals surface area contributed by atoms with Gasteiger partial charge in [0.15, 0.2) is 6.61 Å². The van der Waals surface area contributed by atoms with Gasteiger partial charge in [-0.1, -0.05) is 54.6 Å². The van der Waals surface area contributed by atoms with Crippen molar-refractivity contribution < 1.29 is 9.53 Å². The molecule has 0 saturated heterocycles. The number of amides is 1. The summed E-state index contributed by atoms with van der Waals surface area (Å²) in [6.45, 7) is 3.95. The lowest BCUT2D eigenvalue weighted by Gasteiger charge is -2.11. The first-order valence-electron chi connectivity index (χ1n) is 8.27. The zero-order valence-electron chi connectivity index (χ0n) is 14.5. The first-order valence-corrected chi connectivity index (χ1v) is 8.27. The van der Waals surface area contributed by atoms with Crippen molar-refractivity contribution in [3.05, 3.63) is 83.9 Å². The summed E-state index contributed by atoms with van der Waals surface area (Å²) in [5.74, 6) is 0.511. The minimum atomic E-state index is -0.166. The van der Waals surface area contributed by atoms with Gasteiger partial charge in [-0.05, 0) is 54.3 Å². The van der Waals surface area contributed by atoms with E-state index in [-0.39, 0.29) is 12.5 Å². The number of rotatable bonds is 5. The number of carbonyl (C=O) groups excluding carboxylic acids is 1. The van der Waals surface area contributed by atoms with Crippen LogP contribution in [-0.2, 0) is 4.79 Å². The lowest BCUT2D eigenvalue weighted by molar-refractivity contribution is -0.118. The molecule has 3 heteroatoms. The van der Waals surface area contributed by atoms with Gasteiger partial charge >= 0.3 is 0 Å². The standard InChI is InChI=1S/C22H21NO2/c1-16-8-9-17(2)21(14-16)23-22(24)15-25-20-12-10-19(11-13-20)18-6-4-3-5-7-18/h3-14H,15H2,1-2H3,(H,23,24). The van der Waals surface area contributed by atoms with E-state index in [2.05, 4.69) is 17.4 Å². The molecule has 0 fully saturated rings. The molecule has 126 valence electrons. The van der Waals surface area contributed by atoms with E-state index in [0.29, 0.717) is 5.75 Å². The quantitative estimate of drug-likeness (QED) is 0.715. The van der Waals surface area contributed by atoms with Crippen molar-refractivity contribution in [2.24, 2.45) is 0 Å². The van der Waals surface area contributed by atoms with Crippen LogP contribution in [0.15, 0.2) is 72.8 Å². The topological polar surface area (TPSA) is 38.3 Å². The molecule has 0 aromatic heterocycles. The van der Waals surface area contributed by atoms with Gasteiger partial charge in [-0.15, -0.1) is 0 Å². The molecular weight excluding hydrogens is 310 g/mol. The minimum absolute atomic E-state index is 0.0158. The molecule has 0 aliphatic rings. The third kappa shape index (κ3) is 4.48. The van der Waals surface area contributed by atoms with Crippen LogP contribution in [-0.4, -0.2) is 12.5 Å². The number of hydrogen-bond donors (Lipinski definition) is 1. The van der Waals surface area contributed by atoms with Crippen molar-refractivity contribution in [1.29, 1.82) is 0 Å². The van der Waals surface area contributed by atoms with Gasteiger partial charge in [-0.3, -0.25) is 4.79 Å². The molecule has 0 aliphatic heterocycles. The average molecular weight is 331 g/mol. The Balaban J connectivity index is 1.58. The maximum atomic E-state index is 12.1. The maximum Gasteiger partial charge on any atom is 0.262 e. The van der Waals surface area contributed by atoms with Crippen LogP contribution in [0.2, 0.25) is 0 Å². The van der Waals surface area contributed by atoms with Crippen LogP contribution >= 0.6 is 0 Å². The number of hydrogen-bond acceptors (Lipinski definition) is 2. The fourth-order valence-corrected chi connectivity index (χ4v) is 2.58. The lowest BCUT2D eigenvalue weighted by Crippen LogP contribution is -2.20. The van der Waals surface area contributed by atoms with E-state index >= 15 is 0 Å². The maximum absolute atomic E-state index is 12.1. The third-order valence-corrected chi connectivity index (χ3v) is 4.00. The molecule has 25 heavy (non-hydrogen) atoms. The van der Waals surface area contributed by atoms with Gasteiger partial charge in [0.05, 0.1) is 0 Å². The zero-order valence-corrected chi connectivity index (χ0v) is 14.5. The molecule has 0 heterocycles. The van der Waals surface area contributed by atoms with Crippen molar-refractivity contribution >= 4 is 11.6 Å². The second-order valence-corrected chi connectivity index (χ2v) is 6.05. The Bertz CT molecular complexity index is 855. The molecule has 0 saturated carbocycles.